The van der Waals surface area contributed by atoms with Gasteiger partial charge in [-0.15, -0.1) is 0 Å². The number of rotatable bonds is 7. The lowest BCUT2D eigenvalue weighted by Gasteiger charge is -2.11. The molecular weight excluding hydrogens is 262 g/mol. The third-order valence-electron chi connectivity index (χ3n) is 3.06. The zero-order chi connectivity index (χ0) is 15.1. The average molecular weight is 285 g/mol. The molecule has 112 valence electrons. The molecule has 0 saturated carbocycles. The number of aromatic nitrogens is 3. The summed E-state index contributed by atoms with van der Waals surface area (Å²) in [6.07, 6.45) is 4.75. The largest absolute Gasteiger partial charge is 0.370 e. The molecule has 2 N–H and O–H groups in total. The first-order valence-corrected chi connectivity index (χ1v) is 7.36. The summed E-state index contributed by atoms with van der Waals surface area (Å²) < 4.78 is 0. The van der Waals surface area contributed by atoms with E-state index in [0.29, 0.717) is 12.5 Å². The Balaban J connectivity index is 1.94. The normalized spacial score (nSPS) is 10.7. The molecule has 0 aromatic carbocycles. The highest BCUT2D eigenvalue weighted by molar-refractivity contribution is 5.47. The van der Waals surface area contributed by atoms with Crippen molar-refractivity contribution >= 4 is 11.6 Å². The minimum atomic E-state index is 0.684. The SMILES string of the molecule is Cc1nc(NCCC(C)C)cc(NCc2cccnc2)n1. The first kappa shape index (κ1) is 15.2. The molecule has 0 unspecified atom stereocenters. The highest BCUT2D eigenvalue weighted by atomic mass is 15.1. The van der Waals surface area contributed by atoms with Gasteiger partial charge in [0.15, 0.2) is 0 Å². The molecule has 0 spiro atoms. The molecule has 21 heavy (non-hydrogen) atoms. The fourth-order valence-electron chi connectivity index (χ4n) is 1.93. The number of pyridine rings is 1. The molecule has 2 rings (SSSR count). The fourth-order valence-corrected chi connectivity index (χ4v) is 1.93. The van der Waals surface area contributed by atoms with Gasteiger partial charge in [-0.05, 0) is 30.9 Å². The Labute approximate surface area is 126 Å². The molecule has 2 aromatic rings. The summed E-state index contributed by atoms with van der Waals surface area (Å²) in [5.41, 5.74) is 1.13. The molecule has 0 radical (unpaired) electrons. The molecule has 0 aliphatic carbocycles. The summed E-state index contributed by atoms with van der Waals surface area (Å²) >= 11 is 0. The molecule has 0 amide bonds. The van der Waals surface area contributed by atoms with Gasteiger partial charge in [0.2, 0.25) is 0 Å². The summed E-state index contributed by atoms with van der Waals surface area (Å²) in [7, 11) is 0. The van der Waals surface area contributed by atoms with Gasteiger partial charge < -0.3 is 10.6 Å². The van der Waals surface area contributed by atoms with Crippen molar-refractivity contribution in [3.63, 3.8) is 0 Å². The summed E-state index contributed by atoms with van der Waals surface area (Å²) in [6.45, 7) is 7.97. The molecule has 5 nitrogen and oxygen atoms in total. The van der Waals surface area contributed by atoms with Gasteiger partial charge in [0.25, 0.3) is 0 Å². The molecule has 0 saturated heterocycles. The van der Waals surface area contributed by atoms with E-state index in [1.807, 2.05) is 31.3 Å². The lowest BCUT2D eigenvalue weighted by Crippen LogP contribution is -2.09. The van der Waals surface area contributed by atoms with Gasteiger partial charge in [-0.3, -0.25) is 4.98 Å². The van der Waals surface area contributed by atoms with E-state index in [1.54, 1.807) is 6.20 Å². The third kappa shape index (κ3) is 5.38. The van der Waals surface area contributed by atoms with Crippen molar-refractivity contribution in [3.8, 4) is 0 Å². The van der Waals surface area contributed by atoms with Gasteiger partial charge in [-0.1, -0.05) is 19.9 Å². The highest BCUT2D eigenvalue weighted by Crippen LogP contribution is 2.13. The van der Waals surface area contributed by atoms with E-state index in [9.17, 15) is 0 Å². The van der Waals surface area contributed by atoms with Crippen LogP contribution in [-0.4, -0.2) is 21.5 Å². The summed E-state index contributed by atoms with van der Waals surface area (Å²) in [6, 6.07) is 5.92. The highest BCUT2D eigenvalue weighted by Gasteiger charge is 2.02. The van der Waals surface area contributed by atoms with Crippen molar-refractivity contribution in [2.45, 2.75) is 33.7 Å². The number of aryl methyl sites for hydroxylation is 1. The number of hydrogen-bond acceptors (Lipinski definition) is 5. The van der Waals surface area contributed by atoms with Crippen LogP contribution in [0, 0.1) is 12.8 Å². The second kappa shape index (κ2) is 7.57. The van der Waals surface area contributed by atoms with Gasteiger partial charge in [0, 0.05) is 31.5 Å². The Kier molecular flexibility index (Phi) is 5.49. The van der Waals surface area contributed by atoms with Crippen LogP contribution in [0.3, 0.4) is 0 Å². The average Bonchev–Trinajstić information content (AvgIpc) is 2.45. The molecule has 0 atom stereocenters. The van der Waals surface area contributed by atoms with Crippen molar-refractivity contribution in [1.82, 2.24) is 15.0 Å². The van der Waals surface area contributed by atoms with Crippen LogP contribution in [0.25, 0.3) is 0 Å². The minimum absolute atomic E-state index is 0.684. The van der Waals surface area contributed by atoms with Crippen LogP contribution in [0.4, 0.5) is 11.6 Å². The van der Waals surface area contributed by atoms with Crippen molar-refractivity contribution in [2.24, 2.45) is 5.92 Å². The second-order valence-corrected chi connectivity index (χ2v) is 5.51. The van der Waals surface area contributed by atoms with Crippen molar-refractivity contribution in [3.05, 3.63) is 42.0 Å². The Hall–Kier alpha value is -2.17. The molecule has 0 bridgehead atoms. The van der Waals surface area contributed by atoms with Gasteiger partial charge in [0.1, 0.15) is 17.5 Å². The maximum Gasteiger partial charge on any atom is 0.132 e. The monoisotopic (exact) mass is 285 g/mol. The van der Waals surface area contributed by atoms with Gasteiger partial charge >= 0.3 is 0 Å². The molecule has 2 heterocycles. The van der Waals surface area contributed by atoms with Crippen LogP contribution in [0.5, 0.6) is 0 Å². The summed E-state index contributed by atoms with van der Waals surface area (Å²) in [5.74, 6) is 3.15. The summed E-state index contributed by atoms with van der Waals surface area (Å²) in [4.78, 5) is 12.9. The molecule has 0 aliphatic heterocycles. The second-order valence-electron chi connectivity index (χ2n) is 5.51. The maximum absolute atomic E-state index is 4.41. The Morgan fingerprint density at radius 1 is 1.14 bits per heavy atom. The number of nitrogens with zero attached hydrogens (tertiary/aromatic N) is 3. The maximum atomic E-state index is 4.41. The van der Waals surface area contributed by atoms with E-state index in [1.165, 1.54) is 0 Å². The zero-order valence-electron chi connectivity index (χ0n) is 12.9. The first-order valence-electron chi connectivity index (χ1n) is 7.36. The molecule has 5 heteroatoms. The Bertz CT molecular complexity index is 554. The van der Waals surface area contributed by atoms with E-state index in [4.69, 9.17) is 0 Å². The van der Waals surface area contributed by atoms with Crippen LogP contribution >= 0.6 is 0 Å². The van der Waals surface area contributed by atoms with Crippen LogP contribution < -0.4 is 10.6 Å². The van der Waals surface area contributed by atoms with Crippen LogP contribution in [0.2, 0.25) is 0 Å². The van der Waals surface area contributed by atoms with Gasteiger partial charge in [-0.25, -0.2) is 9.97 Å². The van der Waals surface area contributed by atoms with E-state index in [2.05, 4.69) is 39.4 Å². The van der Waals surface area contributed by atoms with Crippen LogP contribution in [-0.2, 0) is 6.54 Å². The molecule has 0 aliphatic rings. The minimum Gasteiger partial charge on any atom is -0.370 e. The van der Waals surface area contributed by atoms with Crippen molar-refractivity contribution in [1.29, 1.82) is 0 Å². The molecule has 2 aromatic heterocycles. The van der Waals surface area contributed by atoms with E-state index in [-0.39, 0.29) is 0 Å². The topological polar surface area (TPSA) is 62.7 Å². The van der Waals surface area contributed by atoms with Gasteiger partial charge in [-0.2, -0.15) is 0 Å². The van der Waals surface area contributed by atoms with Crippen molar-refractivity contribution < 1.29 is 0 Å². The third-order valence-corrected chi connectivity index (χ3v) is 3.06. The Morgan fingerprint density at radius 2 is 1.90 bits per heavy atom. The van der Waals surface area contributed by atoms with Crippen molar-refractivity contribution in [2.75, 3.05) is 17.2 Å². The van der Waals surface area contributed by atoms with Crippen LogP contribution in [0.15, 0.2) is 30.6 Å². The Morgan fingerprint density at radius 3 is 2.57 bits per heavy atom. The standard InChI is InChI=1S/C16H23N5/c1-12(2)6-8-18-15-9-16(21-13(3)20-15)19-11-14-5-4-7-17-10-14/h4-5,7,9-10,12H,6,8,11H2,1-3H3,(H2,18,19,20,21). The predicted octanol–water partition coefficient (Wildman–Crippen LogP) is 3.25. The van der Waals surface area contributed by atoms with E-state index >= 15 is 0 Å². The fraction of sp³-hybridized carbons (Fsp3) is 0.438. The quantitative estimate of drug-likeness (QED) is 0.817. The van der Waals surface area contributed by atoms with E-state index < -0.39 is 0 Å². The summed E-state index contributed by atoms with van der Waals surface area (Å²) in [5, 5.41) is 6.66. The lowest BCUT2D eigenvalue weighted by atomic mass is 10.1. The van der Waals surface area contributed by atoms with Crippen LogP contribution in [0.1, 0.15) is 31.7 Å². The smallest absolute Gasteiger partial charge is 0.132 e. The number of hydrogen-bond donors (Lipinski definition) is 2. The first-order chi connectivity index (χ1) is 10.1. The lowest BCUT2D eigenvalue weighted by molar-refractivity contribution is 0.606. The van der Waals surface area contributed by atoms with Gasteiger partial charge in [0.05, 0.1) is 0 Å². The zero-order valence-corrected chi connectivity index (χ0v) is 12.9. The molecule has 0 fully saturated rings. The number of anilines is 2. The van der Waals surface area contributed by atoms with E-state index in [0.717, 1.165) is 36.0 Å². The molecular formula is C16H23N5. The number of nitrogens with one attached hydrogen (secondary N) is 2. The predicted molar refractivity (Wildman–Crippen MR) is 86.3 cm³/mol.